The summed E-state index contributed by atoms with van der Waals surface area (Å²) in [6.45, 7) is 6.64. The summed E-state index contributed by atoms with van der Waals surface area (Å²) in [6.07, 6.45) is 4.46. The number of aryl methyl sites for hydroxylation is 3. The maximum atomic E-state index is 5.97. The summed E-state index contributed by atoms with van der Waals surface area (Å²) in [7, 11) is 0. The van der Waals surface area contributed by atoms with Crippen molar-refractivity contribution in [3.63, 3.8) is 0 Å². The van der Waals surface area contributed by atoms with E-state index in [1.165, 1.54) is 41.5 Å². The Morgan fingerprint density at radius 2 is 1.60 bits per heavy atom. The van der Waals surface area contributed by atoms with Crippen molar-refractivity contribution in [3.05, 3.63) is 34.4 Å². The highest BCUT2D eigenvalue weighted by atomic mass is 15.2. The third kappa shape index (κ3) is 1.64. The van der Waals surface area contributed by atoms with Crippen LogP contribution in [-0.2, 0) is 0 Å². The Morgan fingerprint density at radius 1 is 1.00 bits per heavy atom. The van der Waals surface area contributed by atoms with Gasteiger partial charge in [-0.05, 0) is 91.9 Å². The number of hydrazine groups is 1. The lowest BCUT2D eigenvalue weighted by Crippen LogP contribution is -2.32. The van der Waals surface area contributed by atoms with E-state index >= 15 is 0 Å². The van der Waals surface area contributed by atoms with Crippen molar-refractivity contribution in [1.29, 1.82) is 0 Å². The van der Waals surface area contributed by atoms with E-state index in [0.717, 1.165) is 29.6 Å². The summed E-state index contributed by atoms with van der Waals surface area (Å²) in [5.74, 6) is 10.7. The van der Waals surface area contributed by atoms with Gasteiger partial charge in [-0.15, -0.1) is 0 Å². The van der Waals surface area contributed by atoms with E-state index in [9.17, 15) is 0 Å². The molecule has 108 valence electrons. The zero-order chi connectivity index (χ0) is 14.0. The van der Waals surface area contributed by atoms with Crippen LogP contribution in [0.1, 0.15) is 47.6 Å². The molecule has 4 rings (SSSR count). The number of fused-ring (bicyclic) bond motifs is 5. The molecule has 0 heterocycles. The molecule has 0 spiro atoms. The molecule has 3 aliphatic rings. The van der Waals surface area contributed by atoms with E-state index in [0.29, 0.717) is 6.04 Å². The zero-order valence-corrected chi connectivity index (χ0v) is 12.8. The number of benzene rings is 1. The van der Waals surface area contributed by atoms with E-state index in [1.54, 1.807) is 0 Å². The van der Waals surface area contributed by atoms with Gasteiger partial charge >= 0.3 is 0 Å². The molecule has 1 aromatic carbocycles. The van der Waals surface area contributed by atoms with Crippen LogP contribution in [-0.4, -0.2) is 0 Å². The van der Waals surface area contributed by atoms with E-state index in [1.807, 2.05) is 0 Å². The molecule has 20 heavy (non-hydrogen) atoms. The summed E-state index contributed by atoms with van der Waals surface area (Å²) < 4.78 is 0. The molecule has 3 saturated carbocycles. The van der Waals surface area contributed by atoms with Gasteiger partial charge < -0.3 is 0 Å². The Morgan fingerprint density at radius 3 is 2.20 bits per heavy atom. The summed E-state index contributed by atoms with van der Waals surface area (Å²) in [4.78, 5) is 0. The predicted octanol–water partition coefficient (Wildman–Crippen LogP) is 3.41. The monoisotopic (exact) mass is 270 g/mol. The van der Waals surface area contributed by atoms with Crippen LogP contribution < -0.4 is 11.3 Å². The van der Waals surface area contributed by atoms with Crippen molar-refractivity contribution in [2.45, 2.75) is 46.1 Å². The molecule has 3 N–H and O–H groups in total. The predicted molar refractivity (Wildman–Crippen MR) is 82.0 cm³/mol. The molecule has 5 unspecified atom stereocenters. The van der Waals surface area contributed by atoms with Gasteiger partial charge in [0.25, 0.3) is 0 Å². The molecule has 3 aliphatic carbocycles. The fraction of sp³-hybridized carbons (Fsp3) is 0.667. The molecule has 0 amide bonds. The Bertz CT molecular complexity index is 535. The SMILES string of the molecule is Cc1cc(C)c(C(NN)C2C3C4CCC(C4)C32)cc1C. The van der Waals surface area contributed by atoms with Gasteiger partial charge in [0.2, 0.25) is 0 Å². The second-order valence-electron chi connectivity index (χ2n) is 7.50. The van der Waals surface area contributed by atoms with Crippen molar-refractivity contribution >= 4 is 0 Å². The lowest BCUT2D eigenvalue weighted by atomic mass is 9.89. The van der Waals surface area contributed by atoms with Crippen LogP contribution in [0, 0.1) is 50.4 Å². The highest BCUT2D eigenvalue weighted by molar-refractivity contribution is 5.39. The quantitative estimate of drug-likeness (QED) is 0.652. The molecule has 2 bridgehead atoms. The van der Waals surface area contributed by atoms with Gasteiger partial charge in [-0.25, -0.2) is 0 Å². The van der Waals surface area contributed by atoms with Gasteiger partial charge in [-0.2, -0.15) is 0 Å². The van der Waals surface area contributed by atoms with Crippen LogP contribution in [0.25, 0.3) is 0 Å². The van der Waals surface area contributed by atoms with E-state index < -0.39 is 0 Å². The molecule has 0 aliphatic heterocycles. The van der Waals surface area contributed by atoms with Gasteiger partial charge in [-0.1, -0.05) is 12.1 Å². The first-order valence-corrected chi connectivity index (χ1v) is 8.15. The summed E-state index contributed by atoms with van der Waals surface area (Å²) in [5, 5.41) is 0. The molecule has 0 radical (unpaired) electrons. The third-order valence-corrected chi connectivity index (χ3v) is 6.58. The van der Waals surface area contributed by atoms with Crippen LogP contribution in [0.15, 0.2) is 12.1 Å². The van der Waals surface area contributed by atoms with E-state index in [4.69, 9.17) is 5.84 Å². The molecule has 0 aromatic heterocycles. The van der Waals surface area contributed by atoms with Crippen LogP contribution in [0.3, 0.4) is 0 Å². The van der Waals surface area contributed by atoms with Crippen molar-refractivity contribution in [2.75, 3.05) is 0 Å². The van der Waals surface area contributed by atoms with Gasteiger partial charge in [0.1, 0.15) is 0 Å². The average molecular weight is 270 g/mol. The Labute approximate surface area is 122 Å². The smallest absolute Gasteiger partial charge is 0.0496 e. The van der Waals surface area contributed by atoms with E-state index in [-0.39, 0.29) is 0 Å². The Kier molecular flexibility index (Phi) is 2.77. The second-order valence-corrected chi connectivity index (χ2v) is 7.50. The minimum atomic E-state index is 0.368. The van der Waals surface area contributed by atoms with Gasteiger partial charge in [0.15, 0.2) is 0 Å². The fourth-order valence-corrected chi connectivity index (χ4v) is 5.56. The largest absolute Gasteiger partial charge is 0.271 e. The number of hydrogen-bond donors (Lipinski definition) is 2. The first-order valence-electron chi connectivity index (χ1n) is 8.15. The number of rotatable bonds is 3. The van der Waals surface area contributed by atoms with Crippen LogP contribution in [0.4, 0.5) is 0 Å². The third-order valence-electron chi connectivity index (χ3n) is 6.58. The minimum absolute atomic E-state index is 0.368. The standard InChI is InChI=1S/C18H26N2/c1-9-6-11(3)14(7-10(9)2)18(20-19)17-15-12-4-5-13(8-12)16(15)17/h6-7,12-13,15-18,20H,4-5,8,19H2,1-3H3. The van der Waals surface area contributed by atoms with E-state index in [2.05, 4.69) is 38.3 Å². The first kappa shape index (κ1) is 12.8. The number of hydrogen-bond acceptors (Lipinski definition) is 2. The van der Waals surface area contributed by atoms with Crippen LogP contribution in [0.5, 0.6) is 0 Å². The second kappa shape index (κ2) is 4.32. The summed E-state index contributed by atoms with van der Waals surface area (Å²) in [6, 6.07) is 5.06. The average Bonchev–Trinajstić information content (AvgIpc) is 2.84. The Hall–Kier alpha value is -0.860. The van der Waals surface area contributed by atoms with Crippen LogP contribution in [0.2, 0.25) is 0 Å². The van der Waals surface area contributed by atoms with Gasteiger partial charge in [0.05, 0.1) is 0 Å². The zero-order valence-electron chi connectivity index (χ0n) is 12.8. The Balaban J connectivity index is 1.65. The fourth-order valence-electron chi connectivity index (χ4n) is 5.56. The molecule has 5 atom stereocenters. The molecular weight excluding hydrogens is 244 g/mol. The molecule has 2 nitrogen and oxygen atoms in total. The van der Waals surface area contributed by atoms with Gasteiger partial charge in [0, 0.05) is 6.04 Å². The maximum Gasteiger partial charge on any atom is 0.0496 e. The molecule has 2 heteroatoms. The van der Waals surface area contributed by atoms with Crippen molar-refractivity contribution in [1.82, 2.24) is 5.43 Å². The molecule has 1 aromatic rings. The maximum absolute atomic E-state index is 5.97. The summed E-state index contributed by atoms with van der Waals surface area (Å²) >= 11 is 0. The normalized spacial score (nSPS) is 38.9. The van der Waals surface area contributed by atoms with Crippen molar-refractivity contribution < 1.29 is 0 Å². The molecular formula is C18H26N2. The number of nitrogens with two attached hydrogens (primary N) is 1. The van der Waals surface area contributed by atoms with Crippen molar-refractivity contribution in [2.24, 2.45) is 35.4 Å². The highest BCUT2D eigenvalue weighted by Gasteiger charge is 2.66. The lowest BCUT2D eigenvalue weighted by molar-refractivity contribution is 0.373. The minimum Gasteiger partial charge on any atom is -0.271 e. The molecule has 3 fully saturated rings. The first-order chi connectivity index (χ1) is 9.61. The lowest BCUT2D eigenvalue weighted by Gasteiger charge is -2.23. The topological polar surface area (TPSA) is 38.0 Å². The van der Waals surface area contributed by atoms with Crippen LogP contribution >= 0.6 is 0 Å². The summed E-state index contributed by atoms with van der Waals surface area (Å²) in [5.41, 5.74) is 8.78. The van der Waals surface area contributed by atoms with Crippen molar-refractivity contribution in [3.8, 4) is 0 Å². The number of nitrogens with one attached hydrogen (secondary N) is 1. The highest BCUT2D eigenvalue weighted by Crippen LogP contribution is 2.72. The van der Waals surface area contributed by atoms with Gasteiger partial charge in [-0.3, -0.25) is 11.3 Å². The molecule has 0 saturated heterocycles.